The molecule has 0 aliphatic heterocycles. The number of amides is 1. The van der Waals surface area contributed by atoms with E-state index in [0.29, 0.717) is 18.2 Å². The van der Waals surface area contributed by atoms with Gasteiger partial charge in [-0.1, -0.05) is 55.6 Å². The highest BCUT2D eigenvalue weighted by Gasteiger charge is 2.42. The quantitative estimate of drug-likeness (QED) is 0.682. The van der Waals surface area contributed by atoms with Crippen LogP contribution < -0.4 is 0 Å². The van der Waals surface area contributed by atoms with E-state index in [1.54, 1.807) is 12.1 Å². The molecule has 156 valence electrons. The van der Waals surface area contributed by atoms with Crippen LogP contribution in [0, 0.1) is 5.41 Å². The van der Waals surface area contributed by atoms with Crippen LogP contribution >= 0.6 is 0 Å². The number of benzene rings is 1. The molecule has 1 aromatic carbocycles. The average molecular weight is 407 g/mol. The second-order valence-electron chi connectivity index (χ2n) is 8.40. The van der Waals surface area contributed by atoms with Crippen molar-refractivity contribution in [1.29, 1.82) is 0 Å². The van der Waals surface area contributed by atoms with Crippen LogP contribution in [-0.2, 0) is 17.5 Å². The highest BCUT2D eigenvalue weighted by atomic mass is 19.4. The minimum absolute atomic E-state index is 0.103. The molecule has 2 saturated carbocycles. The number of carbonyl (C=O) groups excluding carboxylic acids is 1. The van der Waals surface area contributed by atoms with Gasteiger partial charge in [0.1, 0.15) is 0 Å². The van der Waals surface area contributed by atoms with Crippen LogP contribution in [0.4, 0.5) is 13.2 Å². The molecule has 1 amide bonds. The van der Waals surface area contributed by atoms with E-state index in [4.69, 9.17) is 0 Å². The SMILES string of the molecule is CC1(C(=O)N(Cc2ccc(-c3noc(C(F)(F)F)n3)cc2)C2CC2)CCCCC1. The topological polar surface area (TPSA) is 59.2 Å². The summed E-state index contributed by atoms with van der Waals surface area (Å²) in [6, 6.07) is 7.25. The molecule has 0 spiro atoms. The summed E-state index contributed by atoms with van der Waals surface area (Å²) in [5.41, 5.74) is 1.10. The van der Waals surface area contributed by atoms with Gasteiger partial charge in [-0.3, -0.25) is 4.79 Å². The first-order chi connectivity index (χ1) is 13.8. The van der Waals surface area contributed by atoms with Crippen molar-refractivity contribution in [2.45, 2.75) is 70.6 Å². The Bertz CT molecular complexity index is 866. The summed E-state index contributed by atoms with van der Waals surface area (Å²) in [4.78, 5) is 18.7. The van der Waals surface area contributed by atoms with E-state index in [0.717, 1.165) is 44.1 Å². The number of nitrogens with zero attached hydrogens (tertiary/aromatic N) is 3. The number of rotatable bonds is 5. The molecule has 0 N–H and O–H groups in total. The summed E-state index contributed by atoms with van der Waals surface area (Å²) in [7, 11) is 0. The third-order valence-electron chi connectivity index (χ3n) is 5.96. The van der Waals surface area contributed by atoms with Crippen LogP contribution in [0.1, 0.15) is 63.3 Å². The zero-order valence-electron chi connectivity index (χ0n) is 16.3. The lowest BCUT2D eigenvalue weighted by molar-refractivity contribution is -0.159. The lowest BCUT2D eigenvalue weighted by atomic mass is 9.74. The molecule has 0 radical (unpaired) electrons. The van der Waals surface area contributed by atoms with Crippen molar-refractivity contribution in [2.24, 2.45) is 5.41 Å². The van der Waals surface area contributed by atoms with E-state index in [2.05, 4.69) is 21.6 Å². The Hall–Kier alpha value is -2.38. The van der Waals surface area contributed by atoms with Gasteiger partial charge in [-0.05, 0) is 31.2 Å². The van der Waals surface area contributed by atoms with Gasteiger partial charge in [0.25, 0.3) is 0 Å². The van der Waals surface area contributed by atoms with Crippen LogP contribution in [0.5, 0.6) is 0 Å². The molecule has 2 fully saturated rings. The molecule has 2 aromatic rings. The second kappa shape index (κ2) is 7.46. The van der Waals surface area contributed by atoms with Crippen LogP contribution in [0.3, 0.4) is 0 Å². The Morgan fingerprint density at radius 2 is 1.83 bits per heavy atom. The normalized spacial score (nSPS) is 19.2. The fourth-order valence-electron chi connectivity index (χ4n) is 4.06. The molecule has 2 aliphatic carbocycles. The molecule has 4 rings (SSSR count). The molecule has 0 bridgehead atoms. The van der Waals surface area contributed by atoms with Crippen molar-refractivity contribution in [2.75, 3.05) is 0 Å². The summed E-state index contributed by atoms with van der Waals surface area (Å²) in [6.45, 7) is 2.60. The van der Waals surface area contributed by atoms with Gasteiger partial charge in [0.05, 0.1) is 0 Å². The number of hydrogen-bond donors (Lipinski definition) is 0. The molecule has 29 heavy (non-hydrogen) atoms. The van der Waals surface area contributed by atoms with Crippen molar-refractivity contribution < 1.29 is 22.5 Å². The van der Waals surface area contributed by atoms with E-state index in [1.807, 2.05) is 17.0 Å². The fraction of sp³-hybridized carbons (Fsp3) is 0.571. The van der Waals surface area contributed by atoms with Crippen molar-refractivity contribution in [1.82, 2.24) is 15.0 Å². The van der Waals surface area contributed by atoms with E-state index in [1.165, 1.54) is 6.42 Å². The Morgan fingerprint density at radius 3 is 2.38 bits per heavy atom. The fourth-order valence-corrected chi connectivity index (χ4v) is 4.06. The predicted molar refractivity (Wildman–Crippen MR) is 99.5 cm³/mol. The first-order valence-electron chi connectivity index (χ1n) is 10.1. The third kappa shape index (κ3) is 4.31. The summed E-state index contributed by atoms with van der Waals surface area (Å²) >= 11 is 0. The van der Waals surface area contributed by atoms with Crippen LogP contribution in [0.2, 0.25) is 0 Å². The molecule has 0 unspecified atom stereocenters. The number of hydrogen-bond acceptors (Lipinski definition) is 4. The molecule has 1 heterocycles. The summed E-state index contributed by atoms with van der Waals surface area (Å²) in [6.07, 6.45) is 2.66. The van der Waals surface area contributed by atoms with E-state index in [-0.39, 0.29) is 17.1 Å². The summed E-state index contributed by atoms with van der Waals surface area (Å²) < 4.78 is 42.2. The van der Waals surface area contributed by atoms with Gasteiger partial charge in [0.15, 0.2) is 0 Å². The summed E-state index contributed by atoms with van der Waals surface area (Å²) in [5.74, 6) is -1.23. The average Bonchev–Trinajstić information content (AvgIpc) is 3.40. The zero-order valence-corrected chi connectivity index (χ0v) is 16.3. The Morgan fingerprint density at radius 1 is 1.17 bits per heavy atom. The number of halogens is 3. The lowest BCUT2D eigenvalue weighted by Gasteiger charge is -2.37. The van der Waals surface area contributed by atoms with Crippen molar-refractivity contribution >= 4 is 5.91 Å². The maximum absolute atomic E-state index is 13.3. The Balaban J connectivity index is 1.48. The molecule has 0 saturated heterocycles. The van der Waals surface area contributed by atoms with Gasteiger partial charge in [-0.25, -0.2) is 0 Å². The van der Waals surface area contributed by atoms with Crippen LogP contribution in [-0.4, -0.2) is 27.0 Å². The minimum atomic E-state index is -4.66. The highest BCUT2D eigenvalue weighted by molar-refractivity contribution is 5.83. The number of alkyl halides is 3. The van der Waals surface area contributed by atoms with Crippen molar-refractivity contribution in [3.05, 3.63) is 35.7 Å². The van der Waals surface area contributed by atoms with Gasteiger partial charge in [-0.2, -0.15) is 18.2 Å². The molecule has 2 aliphatic rings. The minimum Gasteiger partial charge on any atom is -0.335 e. The maximum atomic E-state index is 13.3. The zero-order chi connectivity index (χ0) is 20.6. The second-order valence-corrected chi connectivity index (χ2v) is 8.40. The summed E-state index contributed by atoms with van der Waals surface area (Å²) in [5, 5.41) is 3.41. The van der Waals surface area contributed by atoms with Crippen molar-refractivity contribution in [3.63, 3.8) is 0 Å². The molecule has 1 aromatic heterocycles. The maximum Gasteiger partial charge on any atom is 0.471 e. The van der Waals surface area contributed by atoms with Gasteiger partial charge in [0, 0.05) is 23.6 Å². The highest BCUT2D eigenvalue weighted by Crippen LogP contribution is 2.41. The van der Waals surface area contributed by atoms with Gasteiger partial charge in [-0.15, -0.1) is 0 Å². The van der Waals surface area contributed by atoms with Crippen LogP contribution in [0.15, 0.2) is 28.8 Å². The molecular formula is C21H24F3N3O2. The standard InChI is InChI=1S/C21H24F3N3O2/c1-20(11-3-2-4-12-20)19(28)27(16-9-10-16)13-14-5-7-15(8-6-14)17-25-18(29-26-17)21(22,23)24/h5-8,16H,2-4,9-13H2,1H3. The van der Waals surface area contributed by atoms with Gasteiger partial charge >= 0.3 is 12.1 Å². The van der Waals surface area contributed by atoms with E-state index >= 15 is 0 Å². The number of carbonyl (C=O) groups is 1. The predicted octanol–water partition coefficient (Wildman–Crippen LogP) is 5.22. The Kier molecular flexibility index (Phi) is 5.12. The lowest BCUT2D eigenvalue weighted by Crippen LogP contribution is -2.44. The number of aromatic nitrogens is 2. The van der Waals surface area contributed by atoms with Gasteiger partial charge in [0.2, 0.25) is 11.7 Å². The molecule has 0 atom stereocenters. The first kappa shape index (κ1) is 19.9. The van der Waals surface area contributed by atoms with E-state index < -0.39 is 12.1 Å². The first-order valence-corrected chi connectivity index (χ1v) is 10.1. The van der Waals surface area contributed by atoms with Gasteiger partial charge < -0.3 is 9.42 Å². The monoisotopic (exact) mass is 407 g/mol. The third-order valence-corrected chi connectivity index (χ3v) is 5.96. The molecule has 8 heteroatoms. The molecular weight excluding hydrogens is 383 g/mol. The Labute approximate surface area is 167 Å². The smallest absolute Gasteiger partial charge is 0.335 e. The van der Waals surface area contributed by atoms with Crippen molar-refractivity contribution in [3.8, 4) is 11.4 Å². The van der Waals surface area contributed by atoms with Crippen LogP contribution in [0.25, 0.3) is 11.4 Å². The van der Waals surface area contributed by atoms with E-state index in [9.17, 15) is 18.0 Å². The molecule has 5 nitrogen and oxygen atoms in total. The largest absolute Gasteiger partial charge is 0.471 e.